The number of amides is 2. The van der Waals surface area contributed by atoms with Gasteiger partial charge < -0.3 is 19.4 Å². The van der Waals surface area contributed by atoms with Crippen molar-refractivity contribution in [1.82, 2.24) is 19.6 Å². The maximum absolute atomic E-state index is 13.7. The van der Waals surface area contributed by atoms with Crippen LogP contribution in [0.4, 0.5) is 10.5 Å². The molecule has 1 aromatic carbocycles. The number of hydrogen-bond donors (Lipinski definition) is 0. The summed E-state index contributed by atoms with van der Waals surface area (Å²) >= 11 is 0. The fraction of sp³-hybridized carbons (Fsp3) is 0.522. The quantitative estimate of drug-likeness (QED) is 0.756. The first kappa shape index (κ1) is 21.2. The Kier molecular flexibility index (Phi) is 5.41. The van der Waals surface area contributed by atoms with E-state index in [4.69, 9.17) is 4.74 Å². The Morgan fingerprint density at radius 1 is 1.13 bits per heavy atom. The van der Waals surface area contributed by atoms with Crippen LogP contribution < -0.4 is 4.90 Å². The molecule has 0 unspecified atom stereocenters. The first-order valence-electron chi connectivity index (χ1n) is 10.8. The number of benzene rings is 1. The van der Waals surface area contributed by atoms with E-state index in [9.17, 15) is 9.59 Å². The van der Waals surface area contributed by atoms with Crippen LogP contribution in [0, 0.1) is 0 Å². The minimum atomic E-state index is -0.654. The monoisotopic (exact) mass is 425 g/mol. The molecule has 2 aromatic rings. The normalized spacial score (nSPS) is 18.7. The Labute approximate surface area is 183 Å². The van der Waals surface area contributed by atoms with Gasteiger partial charge >= 0.3 is 6.09 Å². The molecule has 4 rings (SSSR count). The molecule has 2 aliphatic heterocycles. The number of carbonyl (C=O) groups excluding carboxylic acids is 2. The maximum Gasteiger partial charge on any atom is 0.410 e. The van der Waals surface area contributed by atoms with E-state index in [2.05, 4.69) is 10.00 Å². The molecule has 1 spiro atoms. The summed E-state index contributed by atoms with van der Waals surface area (Å²) < 4.78 is 7.34. The summed E-state index contributed by atoms with van der Waals surface area (Å²) in [5, 5.41) is 4.23. The van der Waals surface area contributed by atoms with E-state index in [1.807, 2.05) is 69.1 Å². The Bertz CT molecular complexity index is 942. The second-order valence-electron chi connectivity index (χ2n) is 9.35. The van der Waals surface area contributed by atoms with Crippen molar-refractivity contribution in [2.75, 3.05) is 24.7 Å². The Balaban J connectivity index is 1.57. The van der Waals surface area contributed by atoms with Gasteiger partial charge in [-0.15, -0.1) is 0 Å². The molecule has 2 saturated heterocycles. The van der Waals surface area contributed by atoms with Crippen molar-refractivity contribution in [2.45, 2.75) is 51.3 Å². The standard InChI is InChI=1S/C23H31N5O3/c1-22(2,3)31-21(30)26-14-11-23(12-15-26)20(29)27(16-19-10-13-24-25(19)4)17-28(23)18-8-6-5-7-9-18/h5-10,13H,11-12,14-17H2,1-4H3. The maximum atomic E-state index is 13.7. The molecule has 166 valence electrons. The van der Waals surface area contributed by atoms with E-state index in [-0.39, 0.29) is 12.0 Å². The van der Waals surface area contributed by atoms with Crippen LogP contribution in [0.2, 0.25) is 0 Å². The fourth-order valence-electron chi connectivity index (χ4n) is 4.46. The smallest absolute Gasteiger partial charge is 0.410 e. The van der Waals surface area contributed by atoms with Gasteiger partial charge in [0.1, 0.15) is 11.1 Å². The highest BCUT2D eigenvalue weighted by atomic mass is 16.6. The Morgan fingerprint density at radius 3 is 2.39 bits per heavy atom. The summed E-state index contributed by atoms with van der Waals surface area (Å²) in [5.41, 5.74) is 0.822. The molecule has 1 aromatic heterocycles. The van der Waals surface area contributed by atoms with Gasteiger partial charge in [-0.25, -0.2) is 4.79 Å². The van der Waals surface area contributed by atoms with Gasteiger partial charge in [0.15, 0.2) is 0 Å². The molecule has 2 amide bonds. The molecule has 31 heavy (non-hydrogen) atoms. The van der Waals surface area contributed by atoms with Crippen LogP contribution in [0.15, 0.2) is 42.6 Å². The minimum absolute atomic E-state index is 0.112. The molecule has 0 saturated carbocycles. The van der Waals surface area contributed by atoms with Crippen molar-refractivity contribution in [3.63, 3.8) is 0 Å². The van der Waals surface area contributed by atoms with Gasteiger partial charge in [0.05, 0.1) is 18.9 Å². The van der Waals surface area contributed by atoms with Crippen LogP contribution in [0.5, 0.6) is 0 Å². The molecule has 0 radical (unpaired) electrons. The lowest BCUT2D eigenvalue weighted by Gasteiger charge is -2.43. The van der Waals surface area contributed by atoms with Crippen molar-refractivity contribution in [2.24, 2.45) is 7.05 Å². The van der Waals surface area contributed by atoms with Crippen molar-refractivity contribution >= 4 is 17.7 Å². The zero-order chi connectivity index (χ0) is 22.2. The molecule has 0 bridgehead atoms. The van der Waals surface area contributed by atoms with E-state index in [0.717, 1.165) is 11.4 Å². The van der Waals surface area contributed by atoms with E-state index in [0.29, 0.717) is 39.1 Å². The van der Waals surface area contributed by atoms with Crippen molar-refractivity contribution < 1.29 is 14.3 Å². The van der Waals surface area contributed by atoms with Gasteiger partial charge in [-0.05, 0) is 51.8 Å². The summed E-state index contributed by atoms with van der Waals surface area (Å²) in [6.07, 6.45) is 2.58. The van der Waals surface area contributed by atoms with E-state index >= 15 is 0 Å². The highest BCUT2D eigenvalue weighted by molar-refractivity contribution is 5.93. The molecule has 3 heterocycles. The Hall–Kier alpha value is -3.03. The van der Waals surface area contributed by atoms with Gasteiger partial charge in [-0.1, -0.05) is 18.2 Å². The number of piperidine rings is 1. The topological polar surface area (TPSA) is 70.9 Å². The number of hydrogen-bond acceptors (Lipinski definition) is 5. The van der Waals surface area contributed by atoms with Gasteiger partial charge in [0, 0.05) is 32.0 Å². The van der Waals surface area contributed by atoms with Crippen LogP contribution in [0.25, 0.3) is 0 Å². The van der Waals surface area contributed by atoms with E-state index in [1.165, 1.54) is 0 Å². The largest absolute Gasteiger partial charge is 0.444 e. The van der Waals surface area contributed by atoms with Gasteiger partial charge in [0.25, 0.3) is 0 Å². The van der Waals surface area contributed by atoms with Gasteiger partial charge in [-0.2, -0.15) is 5.10 Å². The highest BCUT2D eigenvalue weighted by Gasteiger charge is 2.54. The number of para-hydroxylation sites is 1. The van der Waals surface area contributed by atoms with Crippen LogP contribution in [0.1, 0.15) is 39.3 Å². The van der Waals surface area contributed by atoms with Crippen molar-refractivity contribution in [1.29, 1.82) is 0 Å². The number of rotatable bonds is 3. The van der Waals surface area contributed by atoms with Crippen LogP contribution in [0.3, 0.4) is 0 Å². The molecule has 8 nitrogen and oxygen atoms in total. The molecule has 0 N–H and O–H groups in total. The van der Waals surface area contributed by atoms with Gasteiger partial charge in [0.2, 0.25) is 5.91 Å². The summed E-state index contributed by atoms with van der Waals surface area (Å²) in [7, 11) is 1.89. The summed E-state index contributed by atoms with van der Waals surface area (Å²) in [6.45, 7) is 7.60. The fourth-order valence-corrected chi connectivity index (χ4v) is 4.46. The average molecular weight is 426 g/mol. The Morgan fingerprint density at radius 2 is 1.81 bits per heavy atom. The molecular weight excluding hydrogens is 394 g/mol. The lowest BCUT2D eigenvalue weighted by molar-refractivity contribution is -0.134. The SMILES string of the molecule is Cn1nccc1CN1CN(c2ccccc2)C2(CCN(C(=O)OC(C)(C)C)CC2)C1=O. The number of aryl methyl sites for hydroxylation is 1. The number of likely N-dealkylation sites (tertiary alicyclic amines) is 1. The van der Waals surface area contributed by atoms with Crippen LogP contribution >= 0.6 is 0 Å². The number of carbonyl (C=O) groups is 2. The molecule has 2 aliphatic rings. The summed E-state index contributed by atoms with van der Waals surface area (Å²) in [4.78, 5) is 32.1. The highest BCUT2D eigenvalue weighted by Crippen LogP contribution is 2.40. The molecule has 0 aliphatic carbocycles. The zero-order valence-electron chi connectivity index (χ0n) is 18.7. The minimum Gasteiger partial charge on any atom is -0.444 e. The van der Waals surface area contributed by atoms with Crippen molar-refractivity contribution in [3.05, 3.63) is 48.3 Å². The number of aromatic nitrogens is 2. The molecule has 0 atom stereocenters. The van der Waals surface area contributed by atoms with Crippen LogP contribution in [-0.4, -0.2) is 62.5 Å². The third-order valence-corrected chi connectivity index (χ3v) is 6.10. The lowest BCUT2D eigenvalue weighted by atomic mass is 9.85. The first-order chi connectivity index (χ1) is 14.7. The molecule has 2 fully saturated rings. The second-order valence-corrected chi connectivity index (χ2v) is 9.35. The van der Waals surface area contributed by atoms with Crippen molar-refractivity contribution in [3.8, 4) is 0 Å². The third kappa shape index (κ3) is 4.11. The van der Waals surface area contributed by atoms with E-state index < -0.39 is 11.1 Å². The third-order valence-electron chi connectivity index (χ3n) is 6.10. The molecular formula is C23H31N5O3. The van der Waals surface area contributed by atoms with Crippen LogP contribution in [-0.2, 0) is 23.1 Å². The zero-order valence-corrected chi connectivity index (χ0v) is 18.7. The summed E-state index contributed by atoms with van der Waals surface area (Å²) in [5.74, 6) is 0.112. The second kappa shape index (κ2) is 7.90. The number of anilines is 1. The van der Waals surface area contributed by atoms with E-state index in [1.54, 1.807) is 15.8 Å². The predicted molar refractivity (Wildman–Crippen MR) is 117 cm³/mol. The number of nitrogens with zero attached hydrogens (tertiary/aromatic N) is 5. The number of ether oxygens (including phenoxy) is 1. The lowest BCUT2D eigenvalue weighted by Crippen LogP contribution is -2.57. The molecule has 8 heteroatoms. The summed E-state index contributed by atoms with van der Waals surface area (Å²) in [6, 6.07) is 12.0. The first-order valence-corrected chi connectivity index (χ1v) is 10.8. The predicted octanol–water partition coefficient (Wildman–Crippen LogP) is 3.00. The average Bonchev–Trinajstić information content (AvgIpc) is 3.24. The van der Waals surface area contributed by atoms with Gasteiger partial charge in [-0.3, -0.25) is 9.48 Å².